The van der Waals surface area contributed by atoms with Crippen molar-refractivity contribution in [3.8, 4) is 0 Å². The molecule has 6 nitrogen and oxygen atoms in total. The molecule has 24 heavy (non-hydrogen) atoms. The summed E-state index contributed by atoms with van der Waals surface area (Å²) in [4.78, 5) is 24.0. The lowest BCUT2D eigenvalue weighted by Crippen LogP contribution is -2.52. The first-order valence-corrected chi connectivity index (χ1v) is 8.27. The molecule has 0 radical (unpaired) electrons. The molecule has 3 rings (SSSR count). The second-order valence-corrected chi connectivity index (χ2v) is 6.09. The summed E-state index contributed by atoms with van der Waals surface area (Å²) in [6.45, 7) is 0.686. The fourth-order valence-electron chi connectivity index (χ4n) is 3.21. The van der Waals surface area contributed by atoms with Crippen molar-refractivity contribution in [2.75, 3.05) is 13.7 Å². The van der Waals surface area contributed by atoms with Crippen molar-refractivity contribution in [2.24, 2.45) is 0 Å². The summed E-state index contributed by atoms with van der Waals surface area (Å²) in [6, 6.07) is 8.78. The first-order chi connectivity index (χ1) is 11.7. The van der Waals surface area contributed by atoms with E-state index in [9.17, 15) is 9.59 Å². The molecule has 2 aliphatic heterocycles. The number of hydrogen-bond donors (Lipinski definition) is 0. The molecular formula is C18H22O6. The van der Waals surface area contributed by atoms with E-state index in [1.54, 1.807) is 24.3 Å². The predicted molar refractivity (Wildman–Crippen MR) is 84.5 cm³/mol. The summed E-state index contributed by atoms with van der Waals surface area (Å²) in [7, 11) is 1.34. The van der Waals surface area contributed by atoms with Crippen LogP contribution in [0.5, 0.6) is 0 Å². The second kappa shape index (κ2) is 7.77. The number of ether oxygens (including phenoxy) is 4. The van der Waals surface area contributed by atoms with Gasteiger partial charge in [-0.1, -0.05) is 18.2 Å². The van der Waals surface area contributed by atoms with Gasteiger partial charge in [0.1, 0.15) is 12.2 Å². The first-order valence-electron chi connectivity index (χ1n) is 8.27. The third-order valence-electron chi connectivity index (χ3n) is 4.47. The van der Waals surface area contributed by atoms with E-state index >= 15 is 0 Å². The summed E-state index contributed by atoms with van der Waals surface area (Å²) < 4.78 is 22.1. The van der Waals surface area contributed by atoms with Gasteiger partial charge in [0.25, 0.3) is 0 Å². The molecule has 0 spiro atoms. The molecule has 2 heterocycles. The van der Waals surface area contributed by atoms with Crippen molar-refractivity contribution in [3.63, 3.8) is 0 Å². The average Bonchev–Trinajstić information content (AvgIpc) is 2.62. The Kier molecular flexibility index (Phi) is 5.48. The van der Waals surface area contributed by atoms with E-state index in [0.717, 1.165) is 12.8 Å². The van der Waals surface area contributed by atoms with E-state index in [2.05, 4.69) is 0 Å². The van der Waals surface area contributed by atoms with E-state index in [4.69, 9.17) is 18.9 Å². The lowest BCUT2D eigenvalue weighted by atomic mass is 9.92. The van der Waals surface area contributed by atoms with Crippen LogP contribution < -0.4 is 0 Å². The van der Waals surface area contributed by atoms with Crippen molar-refractivity contribution >= 4 is 11.9 Å². The number of fused-ring (bicyclic) bond motifs is 1. The molecular weight excluding hydrogens is 312 g/mol. The Morgan fingerprint density at radius 1 is 1.21 bits per heavy atom. The third-order valence-corrected chi connectivity index (χ3v) is 4.47. The highest BCUT2D eigenvalue weighted by Crippen LogP contribution is 2.32. The number of esters is 2. The van der Waals surface area contributed by atoms with Crippen LogP contribution >= 0.6 is 0 Å². The zero-order valence-electron chi connectivity index (χ0n) is 13.7. The van der Waals surface area contributed by atoms with Crippen LogP contribution in [0.3, 0.4) is 0 Å². The minimum atomic E-state index is -0.531. The zero-order chi connectivity index (χ0) is 16.9. The molecule has 1 aromatic rings. The maximum absolute atomic E-state index is 12.3. The highest BCUT2D eigenvalue weighted by molar-refractivity contribution is 5.89. The van der Waals surface area contributed by atoms with Crippen LogP contribution in [-0.4, -0.2) is 50.1 Å². The van der Waals surface area contributed by atoms with Gasteiger partial charge in [0.15, 0.2) is 0 Å². The van der Waals surface area contributed by atoms with Gasteiger partial charge in [-0.25, -0.2) is 4.79 Å². The Balaban J connectivity index is 1.71. The van der Waals surface area contributed by atoms with E-state index < -0.39 is 18.2 Å². The standard InChI is InChI=1S/C18H22O6/c1-21-17(19)11-16-15(10-14-13(23-16)8-5-9-22-14)24-18(20)12-6-3-2-4-7-12/h2-4,6-7,13-16H,5,8-11H2,1H3/t13-,14-,15-,16+/m1/s1. The fraction of sp³-hybridized carbons (Fsp3) is 0.556. The monoisotopic (exact) mass is 334 g/mol. The van der Waals surface area contributed by atoms with Gasteiger partial charge in [-0.15, -0.1) is 0 Å². The van der Waals surface area contributed by atoms with Crippen molar-refractivity contribution in [1.29, 1.82) is 0 Å². The molecule has 1 aromatic carbocycles. The quantitative estimate of drug-likeness (QED) is 0.786. The molecule has 0 N–H and O–H groups in total. The number of benzene rings is 1. The lowest BCUT2D eigenvalue weighted by Gasteiger charge is -2.42. The molecule has 0 saturated carbocycles. The van der Waals surface area contributed by atoms with Crippen LogP contribution in [0.1, 0.15) is 36.0 Å². The molecule has 0 amide bonds. The Hall–Kier alpha value is -1.92. The second-order valence-electron chi connectivity index (χ2n) is 6.09. The Labute approximate surface area is 141 Å². The first kappa shape index (κ1) is 16.9. The summed E-state index contributed by atoms with van der Waals surface area (Å²) in [5.41, 5.74) is 0.473. The predicted octanol–water partition coefficient (Wildman–Crippen LogP) is 2.11. The zero-order valence-corrected chi connectivity index (χ0v) is 13.7. The average molecular weight is 334 g/mol. The molecule has 0 aromatic heterocycles. The van der Waals surface area contributed by atoms with Crippen molar-refractivity contribution in [1.82, 2.24) is 0 Å². The lowest BCUT2D eigenvalue weighted by molar-refractivity contribution is -0.206. The molecule has 0 unspecified atom stereocenters. The maximum Gasteiger partial charge on any atom is 0.338 e. The fourth-order valence-corrected chi connectivity index (χ4v) is 3.21. The Morgan fingerprint density at radius 3 is 2.75 bits per heavy atom. The smallest absolute Gasteiger partial charge is 0.338 e. The summed E-state index contributed by atoms with van der Waals surface area (Å²) in [5, 5.41) is 0. The van der Waals surface area contributed by atoms with Crippen LogP contribution in [0.2, 0.25) is 0 Å². The number of hydrogen-bond acceptors (Lipinski definition) is 6. The Bertz CT molecular complexity index is 572. The van der Waals surface area contributed by atoms with Crippen LogP contribution in [0, 0.1) is 0 Å². The molecule has 2 fully saturated rings. The van der Waals surface area contributed by atoms with Gasteiger partial charge in [-0.2, -0.15) is 0 Å². The van der Waals surface area contributed by atoms with Gasteiger partial charge < -0.3 is 18.9 Å². The SMILES string of the molecule is COC(=O)C[C@@H]1O[C@@H]2CCCO[C@@H]2C[C@H]1OC(=O)c1ccccc1. The topological polar surface area (TPSA) is 71.1 Å². The van der Waals surface area contributed by atoms with Crippen molar-refractivity contribution in [2.45, 2.75) is 50.1 Å². The van der Waals surface area contributed by atoms with Crippen LogP contribution in [-0.2, 0) is 23.7 Å². The van der Waals surface area contributed by atoms with Crippen molar-refractivity contribution in [3.05, 3.63) is 35.9 Å². The number of rotatable bonds is 4. The molecule has 2 aliphatic rings. The number of methoxy groups -OCH3 is 1. The van der Waals surface area contributed by atoms with Crippen LogP contribution in [0.15, 0.2) is 30.3 Å². The largest absolute Gasteiger partial charge is 0.469 e. The molecule has 2 saturated heterocycles. The number of carbonyl (C=O) groups is 2. The van der Waals surface area contributed by atoms with Gasteiger partial charge in [0.05, 0.1) is 31.3 Å². The molecule has 6 heteroatoms. The maximum atomic E-state index is 12.3. The molecule has 0 aliphatic carbocycles. The van der Waals surface area contributed by atoms with Gasteiger partial charge in [-0.3, -0.25) is 4.79 Å². The highest BCUT2D eigenvalue weighted by atomic mass is 16.6. The van der Waals surface area contributed by atoms with Crippen LogP contribution in [0.4, 0.5) is 0 Å². The normalized spacial score (nSPS) is 29.4. The van der Waals surface area contributed by atoms with Crippen molar-refractivity contribution < 1.29 is 28.5 Å². The third kappa shape index (κ3) is 3.94. The number of carbonyl (C=O) groups excluding carboxylic acids is 2. The van der Waals surface area contributed by atoms with E-state index in [1.165, 1.54) is 7.11 Å². The summed E-state index contributed by atoms with van der Waals surface area (Å²) >= 11 is 0. The summed E-state index contributed by atoms with van der Waals surface area (Å²) in [5.74, 6) is -0.802. The molecule has 0 bridgehead atoms. The Morgan fingerprint density at radius 2 is 2.00 bits per heavy atom. The minimum Gasteiger partial charge on any atom is -0.469 e. The molecule has 4 atom stereocenters. The van der Waals surface area contributed by atoms with E-state index in [0.29, 0.717) is 18.6 Å². The van der Waals surface area contributed by atoms with Gasteiger partial charge >= 0.3 is 11.9 Å². The van der Waals surface area contributed by atoms with E-state index in [1.807, 2.05) is 6.07 Å². The highest BCUT2D eigenvalue weighted by Gasteiger charge is 2.42. The van der Waals surface area contributed by atoms with Gasteiger partial charge in [0.2, 0.25) is 0 Å². The van der Waals surface area contributed by atoms with Crippen LogP contribution in [0.25, 0.3) is 0 Å². The minimum absolute atomic E-state index is 0.0555. The van der Waals surface area contributed by atoms with E-state index in [-0.39, 0.29) is 24.6 Å². The van der Waals surface area contributed by atoms with Gasteiger partial charge in [0, 0.05) is 13.0 Å². The van der Waals surface area contributed by atoms with Gasteiger partial charge in [-0.05, 0) is 25.0 Å². The molecule has 130 valence electrons. The summed E-state index contributed by atoms with van der Waals surface area (Å²) in [6.07, 6.45) is 1.23.